The Morgan fingerprint density at radius 1 is 1.17 bits per heavy atom. The van der Waals surface area contributed by atoms with Crippen molar-refractivity contribution in [1.82, 2.24) is 9.97 Å². The number of benzene rings is 1. The molecule has 0 bridgehead atoms. The Balaban J connectivity index is 2.08. The lowest BCUT2D eigenvalue weighted by atomic mass is 10.1. The summed E-state index contributed by atoms with van der Waals surface area (Å²) in [5, 5.41) is 0. The van der Waals surface area contributed by atoms with Crippen molar-refractivity contribution in [2.45, 2.75) is 0 Å². The van der Waals surface area contributed by atoms with E-state index < -0.39 is 5.69 Å². The highest BCUT2D eigenvalue weighted by Crippen LogP contribution is 2.33. The third-order valence-electron chi connectivity index (χ3n) is 2.62. The first kappa shape index (κ1) is 10.6. The summed E-state index contributed by atoms with van der Waals surface area (Å²) in [7, 11) is 0. The van der Waals surface area contributed by atoms with Crippen LogP contribution in [0.15, 0.2) is 29.1 Å². The molecule has 0 spiro atoms. The number of hydrogen-bond donors (Lipinski definition) is 2. The van der Waals surface area contributed by atoms with Crippen LogP contribution >= 0.6 is 0 Å². The van der Waals surface area contributed by atoms with Crippen molar-refractivity contribution in [2.75, 3.05) is 18.9 Å². The molecule has 0 saturated heterocycles. The van der Waals surface area contributed by atoms with Gasteiger partial charge in [-0.3, -0.25) is 0 Å². The molecule has 0 amide bonds. The predicted octanol–water partition coefficient (Wildman–Crippen LogP) is 0.790. The van der Waals surface area contributed by atoms with Crippen LogP contribution in [-0.4, -0.2) is 23.2 Å². The molecule has 3 N–H and O–H groups in total. The largest absolute Gasteiger partial charge is 0.486 e. The molecule has 1 aromatic heterocycles. The minimum absolute atomic E-state index is 0.184. The fourth-order valence-electron chi connectivity index (χ4n) is 1.84. The van der Waals surface area contributed by atoms with E-state index >= 15 is 0 Å². The van der Waals surface area contributed by atoms with E-state index in [2.05, 4.69) is 9.97 Å². The number of rotatable bonds is 1. The molecule has 0 saturated carbocycles. The van der Waals surface area contributed by atoms with Gasteiger partial charge in [0, 0.05) is 11.6 Å². The first-order valence-electron chi connectivity index (χ1n) is 5.49. The van der Waals surface area contributed by atoms with Gasteiger partial charge in [0.05, 0.1) is 5.69 Å². The van der Waals surface area contributed by atoms with Gasteiger partial charge in [-0.05, 0) is 18.2 Å². The first-order valence-corrected chi connectivity index (χ1v) is 5.49. The van der Waals surface area contributed by atoms with Crippen LogP contribution in [0.4, 0.5) is 5.82 Å². The topological polar surface area (TPSA) is 90.2 Å². The summed E-state index contributed by atoms with van der Waals surface area (Å²) >= 11 is 0. The molecule has 0 atom stereocenters. The van der Waals surface area contributed by atoms with Crippen LogP contribution in [-0.2, 0) is 0 Å². The number of H-pyrrole nitrogens is 1. The number of nitrogens with two attached hydrogens (primary N) is 1. The molecule has 2 aromatic rings. The van der Waals surface area contributed by atoms with Gasteiger partial charge in [0.1, 0.15) is 19.0 Å². The van der Waals surface area contributed by atoms with Crippen LogP contribution in [0.25, 0.3) is 11.3 Å². The molecule has 6 nitrogen and oxygen atoms in total. The van der Waals surface area contributed by atoms with Crippen molar-refractivity contribution in [2.24, 2.45) is 0 Å². The Morgan fingerprint density at radius 3 is 2.72 bits per heavy atom. The van der Waals surface area contributed by atoms with Crippen LogP contribution in [0, 0.1) is 0 Å². The van der Waals surface area contributed by atoms with Gasteiger partial charge in [0.15, 0.2) is 11.5 Å². The van der Waals surface area contributed by atoms with Gasteiger partial charge in [0.25, 0.3) is 0 Å². The molecule has 0 fully saturated rings. The molecule has 1 aliphatic heterocycles. The van der Waals surface area contributed by atoms with E-state index in [4.69, 9.17) is 15.2 Å². The summed E-state index contributed by atoms with van der Waals surface area (Å²) in [4.78, 5) is 17.5. The Kier molecular flexibility index (Phi) is 2.40. The molecule has 2 heterocycles. The quantitative estimate of drug-likeness (QED) is 0.775. The monoisotopic (exact) mass is 245 g/mol. The molecule has 1 aromatic carbocycles. The summed E-state index contributed by atoms with van der Waals surface area (Å²) in [6.45, 7) is 1.07. The molecule has 6 heteroatoms. The molecule has 0 aliphatic carbocycles. The average molecular weight is 245 g/mol. The molecule has 3 rings (SSSR count). The van der Waals surface area contributed by atoms with Crippen molar-refractivity contribution >= 4 is 5.82 Å². The summed E-state index contributed by atoms with van der Waals surface area (Å²) in [6, 6.07) is 7.04. The Hall–Kier alpha value is -2.50. The van der Waals surface area contributed by atoms with Crippen molar-refractivity contribution in [3.63, 3.8) is 0 Å². The smallest absolute Gasteiger partial charge is 0.347 e. The maximum Gasteiger partial charge on any atom is 0.347 e. The minimum atomic E-state index is -0.472. The van der Waals surface area contributed by atoms with Crippen LogP contribution < -0.4 is 20.9 Å². The Bertz CT molecular complexity index is 651. The lowest BCUT2D eigenvalue weighted by Crippen LogP contribution is -2.15. The lowest BCUT2D eigenvalue weighted by Gasteiger charge is -2.18. The van der Waals surface area contributed by atoms with E-state index in [-0.39, 0.29) is 5.82 Å². The average Bonchev–Trinajstić information content (AvgIpc) is 2.37. The Labute approximate surface area is 102 Å². The molecular weight excluding hydrogens is 234 g/mol. The highest BCUT2D eigenvalue weighted by molar-refractivity contribution is 5.65. The van der Waals surface area contributed by atoms with Gasteiger partial charge >= 0.3 is 5.69 Å². The highest BCUT2D eigenvalue weighted by Gasteiger charge is 2.12. The van der Waals surface area contributed by atoms with Crippen LogP contribution in [0.5, 0.6) is 11.5 Å². The maximum atomic E-state index is 11.3. The zero-order chi connectivity index (χ0) is 12.5. The van der Waals surface area contributed by atoms with Crippen LogP contribution in [0.2, 0.25) is 0 Å². The second-order valence-electron chi connectivity index (χ2n) is 3.88. The van der Waals surface area contributed by atoms with Crippen molar-refractivity contribution < 1.29 is 9.47 Å². The first-order chi connectivity index (χ1) is 8.72. The lowest BCUT2D eigenvalue weighted by molar-refractivity contribution is 0.171. The molecule has 0 unspecified atom stereocenters. The van der Waals surface area contributed by atoms with E-state index in [1.54, 1.807) is 18.2 Å². The molecule has 1 aliphatic rings. The zero-order valence-electron chi connectivity index (χ0n) is 9.47. The summed E-state index contributed by atoms with van der Waals surface area (Å²) in [6.07, 6.45) is 0. The molecule has 0 radical (unpaired) electrons. The highest BCUT2D eigenvalue weighted by atomic mass is 16.6. The summed E-state index contributed by atoms with van der Waals surface area (Å²) in [5.74, 6) is 1.55. The number of nitrogens with one attached hydrogen (secondary N) is 1. The number of anilines is 1. The van der Waals surface area contributed by atoms with Crippen molar-refractivity contribution in [3.05, 3.63) is 34.7 Å². The SMILES string of the molecule is Nc1cc(-c2ccc3c(c2)OCCO3)[nH]c(=O)n1. The summed E-state index contributed by atoms with van der Waals surface area (Å²) < 4.78 is 10.9. The normalized spacial score (nSPS) is 13.3. The van der Waals surface area contributed by atoms with E-state index in [9.17, 15) is 4.79 Å². The number of fused-ring (bicyclic) bond motifs is 1. The number of aromatic amines is 1. The molecule has 92 valence electrons. The van der Waals surface area contributed by atoms with E-state index in [1.807, 2.05) is 6.07 Å². The molecular formula is C12H11N3O3. The van der Waals surface area contributed by atoms with Crippen molar-refractivity contribution in [3.8, 4) is 22.8 Å². The number of hydrogen-bond acceptors (Lipinski definition) is 5. The van der Waals surface area contributed by atoms with Gasteiger partial charge in [-0.2, -0.15) is 4.98 Å². The van der Waals surface area contributed by atoms with E-state index in [0.717, 1.165) is 5.56 Å². The van der Waals surface area contributed by atoms with Crippen LogP contribution in [0.3, 0.4) is 0 Å². The number of nitrogens with zero attached hydrogens (tertiary/aromatic N) is 1. The summed E-state index contributed by atoms with van der Waals surface area (Å²) in [5.41, 5.74) is 6.47. The van der Waals surface area contributed by atoms with Gasteiger partial charge < -0.3 is 20.2 Å². The third kappa shape index (κ3) is 1.88. The zero-order valence-corrected chi connectivity index (χ0v) is 9.47. The predicted molar refractivity (Wildman–Crippen MR) is 65.7 cm³/mol. The van der Waals surface area contributed by atoms with Gasteiger partial charge in [0.2, 0.25) is 0 Å². The van der Waals surface area contributed by atoms with Gasteiger partial charge in [-0.15, -0.1) is 0 Å². The minimum Gasteiger partial charge on any atom is -0.486 e. The van der Waals surface area contributed by atoms with E-state index in [0.29, 0.717) is 30.4 Å². The second-order valence-corrected chi connectivity index (χ2v) is 3.88. The second kappa shape index (κ2) is 4.06. The number of aromatic nitrogens is 2. The van der Waals surface area contributed by atoms with E-state index in [1.165, 1.54) is 0 Å². The number of nitrogen functional groups attached to an aromatic ring is 1. The third-order valence-corrected chi connectivity index (χ3v) is 2.62. The van der Waals surface area contributed by atoms with Gasteiger partial charge in [-0.25, -0.2) is 4.79 Å². The van der Waals surface area contributed by atoms with Gasteiger partial charge in [-0.1, -0.05) is 0 Å². The Morgan fingerprint density at radius 2 is 1.94 bits per heavy atom. The fraction of sp³-hybridized carbons (Fsp3) is 0.167. The fourth-order valence-corrected chi connectivity index (χ4v) is 1.84. The van der Waals surface area contributed by atoms with Crippen LogP contribution in [0.1, 0.15) is 0 Å². The maximum absolute atomic E-state index is 11.3. The standard InChI is InChI=1S/C12H11N3O3/c13-11-6-8(14-12(16)15-11)7-1-2-9-10(5-7)18-4-3-17-9/h1-2,5-6H,3-4H2,(H3,13,14,15,16). The van der Waals surface area contributed by atoms with Crippen molar-refractivity contribution in [1.29, 1.82) is 0 Å². The number of ether oxygens (including phenoxy) is 2. The molecule has 18 heavy (non-hydrogen) atoms.